The predicted molar refractivity (Wildman–Crippen MR) is 59.1 cm³/mol. The zero-order valence-corrected chi connectivity index (χ0v) is 9.74. The topological polar surface area (TPSA) is 37.3 Å². The number of aliphatic carboxylic acids is 1. The maximum Gasteiger partial charge on any atom is 0.416 e. The van der Waals surface area contributed by atoms with Gasteiger partial charge in [-0.15, -0.1) is 0 Å². The summed E-state index contributed by atoms with van der Waals surface area (Å²) in [5, 5.41) is 8.82. The molecule has 98 valence electrons. The van der Waals surface area contributed by atoms with Gasteiger partial charge in [-0.3, -0.25) is 4.79 Å². The summed E-state index contributed by atoms with van der Waals surface area (Å²) >= 11 is 0. The van der Waals surface area contributed by atoms with Crippen LogP contribution in [-0.4, -0.2) is 11.1 Å². The van der Waals surface area contributed by atoms with Gasteiger partial charge in [-0.1, -0.05) is 19.1 Å². The summed E-state index contributed by atoms with van der Waals surface area (Å²) in [6.45, 7) is 1.86. The van der Waals surface area contributed by atoms with Crippen molar-refractivity contribution in [3.05, 3.63) is 35.4 Å². The molecule has 0 aliphatic heterocycles. The minimum atomic E-state index is -4.33. The van der Waals surface area contributed by atoms with Crippen LogP contribution in [0.25, 0.3) is 0 Å². The summed E-state index contributed by atoms with van der Waals surface area (Å²) < 4.78 is 37.1. The monoisotopic (exact) mass is 258 g/mol. The van der Waals surface area contributed by atoms with Crippen molar-refractivity contribution < 1.29 is 23.1 Å². The van der Waals surface area contributed by atoms with Gasteiger partial charge in [-0.25, -0.2) is 0 Å². The summed E-state index contributed by atoms with van der Waals surface area (Å²) in [6, 6.07) is 4.96. The molecule has 1 aromatic rings. The quantitative estimate of drug-likeness (QED) is 0.900. The van der Waals surface area contributed by atoms with Crippen LogP contribution in [0.5, 0.6) is 0 Å². The molecule has 1 aromatic carbocycles. The van der Waals surface area contributed by atoms with Crippen molar-refractivity contribution in [3.63, 3.8) is 0 Å². The lowest BCUT2D eigenvalue weighted by Crippen LogP contribution is -2.07. The molecule has 1 saturated carbocycles. The number of alkyl halides is 3. The van der Waals surface area contributed by atoms with Gasteiger partial charge in [-0.05, 0) is 36.0 Å². The average molecular weight is 258 g/mol. The summed E-state index contributed by atoms with van der Waals surface area (Å²) in [7, 11) is 0. The first-order chi connectivity index (χ1) is 8.30. The van der Waals surface area contributed by atoms with E-state index in [0.717, 1.165) is 17.7 Å². The van der Waals surface area contributed by atoms with E-state index in [4.69, 9.17) is 5.11 Å². The van der Waals surface area contributed by atoms with Gasteiger partial charge in [0.05, 0.1) is 11.5 Å². The van der Waals surface area contributed by atoms with E-state index in [-0.39, 0.29) is 17.8 Å². The second-order valence-corrected chi connectivity index (χ2v) is 4.75. The maximum absolute atomic E-state index is 12.4. The van der Waals surface area contributed by atoms with Crippen molar-refractivity contribution in [2.24, 2.45) is 11.8 Å². The third kappa shape index (κ3) is 2.49. The van der Waals surface area contributed by atoms with Crippen molar-refractivity contribution in [1.82, 2.24) is 0 Å². The van der Waals surface area contributed by atoms with Crippen LogP contribution in [0.4, 0.5) is 13.2 Å². The SMILES string of the molecule is CC(c1ccc(C(F)(F)F)cc1)C1CC1C(=O)O. The number of hydrogen-bond acceptors (Lipinski definition) is 1. The van der Waals surface area contributed by atoms with Gasteiger partial charge >= 0.3 is 12.1 Å². The largest absolute Gasteiger partial charge is 0.481 e. The number of rotatable bonds is 3. The number of carboxylic acid groups (broad SMARTS) is 1. The van der Waals surface area contributed by atoms with Crippen LogP contribution in [0, 0.1) is 11.8 Å². The van der Waals surface area contributed by atoms with Gasteiger partial charge in [-0.2, -0.15) is 13.2 Å². The van der Waals surface area contributed by atoms with Crippen LogP contribution in [0.3, 0.4) is 0 Å². The molecule has 1 aliphatic rings. The van der Waals surface area contributed by atoms with E-state index >= 15 is 0 Å². The first-order valence-electron chi connectivity index (χ1n) is 5.70. The number of benzene rings is 1. The standard InChI is InChI=1S/C13H13F3O2/c1-7(10-6-11(10)12(17)18)8-2-4-9(5-3-8)13(14,15)16/h2-5,7,10-11H,6H2,1H3,(H,17,18). The number of halogens is 3. The molecule has 5 heteroatoms. The second-order valence-electron chi connectivity index (χ2n) is 4.75. The summed E-state index contributed by atoms with van der Waals surface area (Å²) in [6.07, 6.45) is -3.72. The highest BCUT2D eigenvalue weighted by atomic mass is 19.4. The van der Waals surface area contributed by atoms with E-state index in [0.29, 0.717) is 6.42 Å². The average Bonchev–Trinajstić information content (AvgIpc) is 3.07. The van der Waals surface area contributed by atoms with Gasteiger partial charge in [0.2, 0.25) is 0 Å². The Hall–Kier alpha value is -1.52. The Bertz CT molecular complexity index is 450. The number of carboxylic acids is 1. The maximum atomic E-state index is 12.4. The van der Waals surface area contributed by atoms with Crippen LogP contribution in [-0.2, 0) is 11.0 Å². The Morgan fingerprint density at radius 2 is 1.89 bits per heavy atom. The molecule has 3 atom stereocenters. The molecule has 0 saturated heterocycles. The third-order valence-electron chi connectivity index (χ3n) is 3.56. The van der Waals surface area contributed by atoms with Crippen LogP contribution >= 0.6 is 0 Å². The zero-order valence-electron chi connectivity index (χ0n) is 9.74. The molecule has 0 amide bonds. The Morgan fingerprint density at radius 3 is 2.28 bits per heavy atom. The fourth-order valence-electron chi connectivity index (χ4n) is 2.27. The van der Waals surface area contributed by atoms with Gasteiger partial charge < -0.3 is 5.11 Å². The molecule has 0 heterocycles. The molecule has 0 spiro atoms. The molecular weight excluding hydrogens is 245 g/mol. The van der Waals surface area contributed by atoms with Crippen LogP contribution < -0.4 is 0 Å². The fraction of sp³-hybridized carbons (Fsp3) is 0.462. The lowest BCUT2D eigenvalue weighted by Gasteiger charge is -2.13. The normalized spacial score (nSPS) is 24.7. The van der Waals surface area contributed by atoms with Gasteiger partial charge in [0.1, 0.15) is 0 Å². The minimum Gasteiger partial charge on any atom is -0.481 e. The Labute approximate surface area is 102 Å². The molecule has 2 rings (SSSR count). The highest BCUT2D eigenvalue weighted by Crippen LogP contribution is 2.48. The summed E-state index contributed by atoms with van der Waals surface area (Å²) in [4.78, 5) is 10.7. The fourth-order valence-corrected chi connectivity index (χ4v) is 2.27. The Morgan fingerprint density at radius 1 is 1.33 bits per heavy atom. The second kappa shape index (κ2) is 4.30. The van der Waals surface area contributed by atoms with Crippen LogP contribution in [0.2, 0.25) is 0 Å². The van der Waals surface area contributed by atoms with Crippen molar-refractivity contribution >= 4 is 5.97 Å². The van der Waals surface area contributed by atoms with Crippen molar-refractivity contribution in [2.45, 2.75) is 25.4 Å². The van der Waals surface area contributed by atoms with E-state index in [9.17, 15) is 18.0 Å². The molecule has 2 nitrogen and oxygen atoms in total. The molecule has 1 aliphatic carbocycles. The van der Waals surface area contributed by atoms with Gasteiger partial charge in [0.15, 0.2) is 0 Å². The molecule has 1 fully saturated rings. The highest BCUT2D eigenvalue weighted by Gasteiger charge is 2.46. The third-order valence-corrected chi connectivity index (χ3v) is 3.56. The lowest BCUT2D eigenvalue weighted by molar-refractivity contribution is -0.139. The molecular formula is C13H13F3O2. The van der Waals surface area contributed by atoms with Crippen LogP contribution in [0.1, 0.15) is 30.4 Å². The molecule has 18 heavy (non-hydrogen) atoms. The summed E-state index contributed by atoms with van der Waals surface area (Å²) in [5.41, 5.74) is 0.0841. The van der Waals surface area contributed by atoms with E-state index in [1.165, 1.54) is 12.1 Å². The minimum absolute atomic E-state index is 0.0200. The first-order valence-corrected chi connectivity index (χ1v) is 5.70. The molecule has 0 aromatic heterocycles. The van der Waals surface area contributed by atoms with E-state index in [1.807, 2.05) is 6.92 Å². The van der Waals surface area contributed by atoms with Gasteiger partial charge in [0.25, 0.3) is 0 Å². The smallest absolute Gasteiger partial charge is 0.416 e. The first kappa shape index (κ1) is 12.9. The molecule has 3 unspecified atom stereocenters. The summed E-state index contributed by atoms with van der Waals surface area (Å²) in [5.74, 6) is -1.14. The Kier molecular flexibility index (Phi) is 3.09. The number of hydrogen-bond donors (Lipinski definition) is 1. The highest BCUT2D eigenvalue weighted by molar-refractivity contribution is 5.73. The van der Waals surface area contributed by atoms with E-state index in [1.54, 1.807) is 0 Å². The van der Waals surface area contributed by atoms with Crippen molar-refractivity contribution in [2.75, 3.05) is 0 Å². The Balaban J connectivity index is 2.09. The van der Waals surface area contributed by atoms with Crippen molar-refractivity contribution in [3.8, 4) is 0 Å². The predicted octanol–water partition coefficient (Wildman–Crippen LogP) is 3.53. The molecule has 1 N–H and O–H groups in total. The molecule has 0 bridgehead atoms. The van der Waals surface area contributed by atoms with E-state index in [2.05, 4.69) is 0 Å². The van der Waals surface area contributed by atoms with Crippen LogP contribution in [0.15, 0.2) is 24.3 Å². The molecule has 0 radical (unpaired) electrons. The van der Waals surface area contributed by atoms with Crippen molar-refractivity contribution in [1.29, 1.82) is 0 Å². The lowest BCUT2D eigenvalue weighted by atomic mass is 9.94. The zero-order chi connectivity index (χ0) is 13.5. The van der Waals surface area contributed by atoms with E-state index < -0.39 is 17.7 Å². The number of carbonyl (C=O) groups is 1. The van der Waals surface area contributed by atoms with Gasteiger partial charge in [0, 0.05) is 0 Å².